The van der Waals surface area contributed by atoms with Crippen molar-refractivity contribution in [1.82, 2.24) is 0 Å². The third-order valence-electron chi connectivity index (χ3n) is 3.46. The third kappa shape index (κ3) is 0.884. The molecule has 1 aromatic carbocycles. The summed E-state index contributed by atoms with van der Waals surface area (Å²) in [6, 6.07) is 8.31. The zero-order valence-corrected chi connectivity index (χ0v) is 8.29. The summed E-state index contributed by atoms with van der Waals surface area (Å²) in [6.45, 7) is 2.56. The lowest BCUT2D eigenvalue weighted by Gasteiger charge is -2.14. The number of rotatable bonds is 0. The van der Waals surface area contributed by atoms with E-state index >= 15 is 0 Å². The topological polar surface area (TPSA) is 20.3 Å². The number of anilines is 1. The number of para-hydroxylation sites is 1. The third-order valence-corrected chi connectivity index (χ3v) is 3.46. The number of nitrogens with zero attached hydrogens (tertiary/aromatic N) is 1. The molecule has 1 aliphatic carbocycles. The lowest BCUT2D eigenvalue weighted by Crippen LogP contribution is -2.28. The average molecular weight is 187 g/mol. The van der Waals surface area contributed by atoms with Crippen LogP contribution in [0.3, 0.4) is 0 Å². The first-order valence-electron chi connectivity index (χ1n) is 5.11. The average Bonchev–Trinajstić information content (AvgIpc) is 2.86. The maximum absolute atomic E-state index is 11.5. The van der Waals surface area contributed by atoms with Gasteiger partial charge in [-0.15, -0.1) is 0 Å². The summed E-state index contributed by atoms with van der Waals surface area (Å²) in [5.41, 5.74) is 2.86. The molecule has 1 fully saturated rings. The van der Waals surface area contributed by atoms with E-state index in [1.165, 1.54) is 18.4 Å². The van der Waals surface area contributed by atoms with E-state index in [4.69, 9.17) is 0 Å². The Bertz CT molecular complexity index is 407. The monoisotopic (exact) mass is 187 g/mol. The van der Waals surface area contributed by atoms with Crippen molar-refractivity contribution in [3.05, 3.63) is 29.8 Å². The first-order valence-corrected chi connectivity index (χ1v) is 5.11. The lowest BCUT2D eigenvalue weighted by atomic mass is 9.99. The zero-order chi connectivity index (χ0) is 9.76. The van der Waals surface area contributed by atoms with Crippen LogP contribution in [0.15, 0.2) is 24.3 Å². The molecule has 0 aromatic heterocycles. The standard InChI is InChI=1S/C12H13NO/c1-9(14)13-8-12(6-7-12)10-4-2-3-5-11(10)13/h2-5H,6-8H2,1H3. The van der Waals surface area contributed by atoms with Crippen molar-refractivity contribution in [2.75, 3.05) is 11.4 Å². The van der Waals surface area contributed by atoms with E-state index in [0.717, 1.165) is 12.2 Å². The summed E-state index contributed by atoms with van der Waals surface area (Å²) in [6.07, 6.45) is 2.49. The van der Waals surface area contributed by atoms with Crippen LogP contribution in [0, 0.1) is 0 Å². The van der Waals surface area contributed by atoms with Gasteiger partial charge in [0, 0.05) is 24.6 Å². The predicted molar refractivity (Wildman–Crippen MR) is 55.4 cm³/mol. The van der Waals surface area contributed by atoms with Crippen molar-refractivity contribution in [2.45, 2.75) is 25.2 Å². The summed E-state index contributed by atoms with van der Waals surface area (Å²) >= 11 is 0. The highest BCUT2D eigenvalue weighted by atomic mass is 16.2. The molecule has 0 atom stereocenters. The molecule has 0 N–H and O–H groups in total. The summed E-state index contributed by atoms with van der Waals surface area (Å²) in [5.74, 6) is 0.168. The second-order valence-electron chi connectivity index (χ2n) is 4.40. The van der Waals surface area contributed by atoms with Crippen LogP contribution in [-0.2, 0) is 10.2 Å². The Kier molecular flexibility index (Phi) is 1.37. The highest BCUT2D eigenvalue weighted by Crippen LogP contribution is 2.56. The summed E-state index contributed by atoms with van der Waals surface area (Å²) in [4.78, 5) is 13.4. The van der Waals surface area contributed by atoms with Crippen molar-refractivity contribution in [3.8, 4) is 0 Å². The fourth-order valence-corrected chi connectivity index (χ4v) is 2.49. The van der Waals surface area contributed by atoms with Gasteiger partial charge in [0.05, 0.1) is 0 Å². The van der Waals surface area contributed by atoms with Crippen LogP contribution >= 0.6 is 0 Å². The van der Waals surface area contributed by atoms with Crippen molar-refractivity contribution in [1.29, 1.82) is 0 Å². The van der Waals surface area contributed by atoms with Gasteiger partial charge in [0.2, 0.25) is 5.91 Å². The number of hydrogen-bond acceptors (Lipinski definition) is 1. The molecular weight excluding hydrogens is 174 g/mol. The van der Waals surface area contributed by atoms with Gasteiger partial charge in [-0.3, -0.25) is 4.79 Å². The normalized spacial score (nSPS) is 21.1. The molecule has 1 saturated carbocycles. The second kappa shape index (κ2) is 2.38. The minimum atomic E-state index is 0.168. The Labute approximate surface area is 83.5 Å². The fraction of sp³-hybridized carbons (Fsp3) is 0.417. The van der Waals surface area contributed by atoms with Crippen LogP contribution in [0.1, 0.15) is 25.3 Å². The van der Waals surface area contributed by atoms with Crippen molar-refractivity contribution >= 4 is 11.6 Å². The maximum atomic E-state index is 11.5. The first kappa shape index (κ1) is 8.04. The molecule has 3 rings (SSSR count). The molecule has 14 heavy (non-hydrogen) atoms. The van der Waals surface area contributed by atoms with E-state index in [-0.39, 0.29) is 5.91 Å². The number of carbonyl (C=O) groups excluding carboxylic acids is 1. The van der Waals surface area contributed by atoms with Gasteiger partial charge >= 0.3 is 0 Å². The molecule has 2 aliphatic rings. The van der Waals surface area contributed by atoms with Crippen LogP contribution in [0.25, 0.3) is 0 Å². The maximum Gasteiger partial charge on any atom is 0.223 e. The molecule has 0 unspecified atom stereocenters. The molecule has 2 nitrogen and oxygen atoms in total. The predicted octanol–water partition coefficient (Wildman–Crippen LogP) is 2.08. The van der Waals surface area contributed by atoms with Gasteiger partial charge in [0.1, 0.15) is 0 Å². The van der Waals surface area contributed by atoms with Gasteiger partial charge < -0.3 is 4.90 Å². The van der Waals surface area contributed by atoms with Gasteiger partial charge in [0.15, 0.2) is 0 Å². The van der Waals surface area contributed by atoms with E-state index in [0.29, 0.717) is 5.41 Å². The van der Waals surface area contributed by atoms with Crippen molar-refractivity contribution in [3.63, 3.8) is 0 Å². The van der Waals surface area contributed by atoms with E-state index in [2.05, 4.69) is 18.2 Å². The molecule has 1 heterocycles. The van der Waals surface area contributed by atoms with Crippen LogP contribution in [-0.4, -0.2) is 12.5 Å². The highest BCUT2D eigenvalue weighted by Gasteiger charge is 2.52. The molecule has 1 spiro atoms. The number of carbonyl (C=O) groups is 1. The van der Waals surface area contributed by atoms with Gasteiger partial charge in [-0.05, 0) is 24.5 Å². The van der Waals surface area contributed by atoms with Gasteiger partial charge in [-0.25, -0.2) is 0 Å². The summed E-state index contributed by atoms with van der Waals surface area (Å²) in [5, 5.41) is 0. The van der Waals surface area contributed by atoms with Crippen molar-refractivity contribution < 1.29 is 4.79 Å². The second-order valence-corrected chi connectivity index (χ2v) is 4.40. The largest absolute Gasteiger partial charge is 0.311 e. The minimum Gasteiger partial charge on any atom is -0.311 e. The smallest absolute Gasteiger partial charge is 0.223 e. The molecule has 72 valence electrons. The molecule has 0 radical (unpaired) electrons. The van der Waals surface area contributed by atoms with Crippen molar-refractivity contribution in [2.24, 2.45) is 0 Å². The number of amides is 1. The molecule has 1 aliphatic heterocycles. The van der Waals surface area contributed by atoms with E-state index in [1.54, 1.807) is 6.92 Å². The highest BCUT2D eigenvalue weighted by molar-refractivity contribution is 5.95. The van der Waals surface area contributed by atoms with Crippen LogP contribution < -0.4 is 4.90 Å². The Morgan fingerprint density at radius 2 is 2.07 bits per heavy atom. The molecule has 0 saturated heterocycles. The van der Waals surface area contributed by atoms with Crippen LogP contribution in [0.5, 0.6) is 0 Å². The summed E-state index contributed by atoms with van der Waals surface area (Å²) < 4.78 is 0. The van der Waals surface area contributed by atoms with E-state index in [1.807, 2.05) is 11.0 Å². The first-order chi connectivity index (χ1) is 6.73. The van der Waals surface area contributed by atoms with Crippen LogP contribution in [0.4, 0.5) is 5.69 Å². The Morgan fingerprint density at radius 3 is 2.71 bits per heavy atom. The SMILES string of the molecule is CC(=O)N1CC2(CC2)c2ccccc21. The summed E-state index contributed by atoms with van der Waals surface area (Å²) in [7, 11) is 0. The van der Waals surface area contributed by atoms with Gasteiger partial charge in [0.25, 0.3) is 0 Å². The lowest BCUT2D eigenvalue weighted by molar-refractivity contribution is -0.116. The Hall–Kier alpha value is -1.31. The zero-order valence-electron chi connectivity index (χ0n) is 8.29. The minimum absolute atomic E-state index is 0.168. The Balaban J connectivity index is 2.14. The number of fused-ring (bicyclic) bond motifs is 2. The van der Waals surface area contributed by atoms with E-state index in [9.17, 15) is 4.79 Å². The Morgan fingerprint density at radius 1 is 1.36 bits per heavy atom. The van der Waals surface area contributed by atoms with Gasteiger partial charge in [-0.1, -0.05) is 18.2 Å². The molecule has 0 bridgehead atoms. The number of benzene rings is 1. The molecular formula is C12H13NO. The van der Waals surface area contributed by atoms with Gasteiger partial charge in [-0.2, -0.15) is 0 Å². The fourth-order valence-electron chi connectivity index (χ4n) is 2.49. The molecule has 2 heteroatoms. The molecule has 1 amide bonds. The number of hydrogen-bond donors (Lipinski definition) is 0. The molecule has 1 aromatic rings. The quantitative estimate of drug-likeness (QED) is 0.609. The van der Waals surface area contributed by atoms with Crippen LogP contribution in [0.2, 0.25) is 0 Å². The van der Waals surface area contributed by atoms with E-state index < -0.39 is 0 Å².